The van der Waals surface area contributed by atoms with Crippen molar-refractivity contribution >= 4 is 10.0 Å². The predicted octanol–water partition coefficient (Wildman–Crippen LogP) is -0.607. The molecule has 0 saturated heterocycles. The fourth-order valence-electron chi connectivity index (χ4n) is 0.600. The van der Waals surface area contributed by atoms with Crippen molar-refractivity contribution in [2.75, 3.05) is 25.9 Å². The van der Waals surface area contributed by atoms with E-state index in [2.05, 4.69) is 6.58 Å². The second kappa shape index (κ2) is 4.48. The minimum absolute atomic E-state index is 0.00264. The van der Waals surface area contributed by atoms with Gasteiger partial charge in [-0.1, -0.05) is 6.08 Å². The Balaban J connectivity index is 4.18. The van der Waals surface area contributed by atoms with Crippen molar-refractivity contribution < 1.29 is 8.42 Å². The molecule has 0 aromatic heterocycles. The lowest BCUT2D eigenvalue weighted by Crippen LogP contribution is -2.32. The smallest absolute Gasteiger partial charge is 0.215 e. The molecule has 0 unspecified atom stereocenters. The van der Waals surface area contributed by atoms with Gasteiger partial charge in [-0.15, -0.1) is 6.58 Å². The molecule has 66 valence electrons. The van der Waals surface area contributed by atoms with E-state index in [9.17, 15) is 8.42 Å². The van der Waals surface area contributed by atoms with Crippen LogP contribution in [-0.4, -0.2) is 38.6 Å². The molecule has 0 amide bonds. The van der Waals surface area contributed by atoms with Crippen LogP contribution >= 0.6 is 0 Å². The molecule has 0 radical (unpaired) electrons. The highest BCUT2D eigenvalue weighted by Crippen LogP contribution is 1.95. The highest BCUT2D eigenvalue weighted by Gasteiger charge is 2.14. The topological polar surface area (TPSA) is 63.4 Å². The largest absolute Gasteiger partial charge is 0.329 e. The van der Waals surface area contributed by atoms with Gasteiger partial charge in [-0.2, -0.15) is 0 Å². The van der Waals surface area contributed by atoms with Crippen LogP contribution in [0.2, 0.25) is 0 Å². The van der Waals surface area contributed by atoms with Gasteiger partial charge in [0, 0.05) is 20.1 Å². The standard InChI is InChI=1S/C6H14N2O2S/c1-3-5-8(2)11(9,10)6-4-7/h3H,1,4-7H2,2H3. The summed E-state index contributed by atoms with van der Waals surface area (Å²) in [6, 6.07) is 0. The Morgan fingerprint density at radius 2 is 2.18 bits per heavy atom. The summed E-state index contributed by atoms with van der Waals surface area (Å²) >= 11 is 0. The lowest BCUT2D eigenvalue weighted by Gasteiger charge is -2.13. The van der Waals surface area contributed by atoms with Crippen LogP contribution < -0.4 is 5.73 Å². The average Bonchev–Trinajstić information content (AvgIpc) is 1.88. The summed E-state index contributed by atoms with van der Waals surface area (Å²) in [6.45, 7) is 3.93. The maximum Gasteiger partial charge on any atom is 0.215 e. The van der Waals surface area contributed by atoms with E-state index in [-0.39, 0.29) is 12.3 Å². The molecule has 5 heteroatoms. The van der Waals surface area contributed by atoms with Crippen molar-refractivity contribution in [3.63, 3.8) is 0 Å². The molecule has 0 spiro atoms. The van der Waals surface area contributed by atoms with Gasteiger partial charge in [-0.25, -0.2) is 12.7 Å². The molecule has 0 aliphatic rings. The summed E-state index contributed by atoms with van der Waals surface area (Å²) in [5.41, 5.74) is 5.12. The van der Waals surface area contributed by atoms with Gasteiger partial charge in [0.1, 0.15) is 0 Å². The van der Waals surface area contributed by atoms with Crippen LogP contribution in [0.15, 0.2) is 12.7 Å². The molecule has 0 heterocycles. The molecular formula is C6H14N2O2S. The first kappa shape index (κ1) is 10.6. The van der Waals surface area contributed by atoms with Crippen molar-refractivity contribution in [1.29, 1.82) is 0 Å². The molecule has 0 fully saturated rings. The molecular weight excluding hydrogens is 164 g/mol. The minimum Gasteiger partial charge on any atom is -0.329 e. The Morgan fingerprint density at radius 3 is 2.55 bits per heavy atom. The van der Waals surface area contributed by atoms with E-state index >= 15 is 0 Å². The number of nitrogens with two attached hydrogens (primary N) is 1. The van der Waals surface area contributed by atoms with Gasteiger partial charge in [0.2, 0.25) is 10.0 Å². The van der Waals surface area contributed by atoms with Crippen molar-refractivity contribution in [3.05, 3.63) is 12.7 Å². The summed E-state index contributed by atoms with van der Waals surface area (Å²) < 4.78 is 23.5. The highest BCUT2D eigenvalue weighted by atomic mass is 32.2. The van der Waals surface area contributed by atoms with Crippen LogP contribution in [0.5, 0.6) is 0 Å². The summed E-state index contributed by atoms with van der Waals surface area (Å²) in [5.74, 6) is -0.00264. The van der Waals surface area contributed by atoms with Crippen molar-refractivity contribution in [2.24, 2.45) is 5.73 Å². The monoisotopic (exact) mass is 178 g/mol. The molecule has 0 aliphatic heterocycles. The maximum absolute atomic E-state index is 11.1. The molecule has 0 aliphatic carbocycles. The van der Waals surface area contributed by atoms with Crippen LogP contribution in [-0.2, 0) is 10.0 Å². The third-order valence-electron chi connectivity index (χ3n) is 1.24. The van der Waals surface area contributed by atoms with E-state index in [1.165, 1.54) is 17.4 Å². The molecule has 0 bridgehead atoms. The molecule has 0 atom stereocenters. The number of rotatable bonds is 5. The normalized spacial score (nSPS) is 11.9. The number of hydrogen-bond donors (Lipinski definition) is 1. The lowest BCUT2D eigenvalue weighted by atomic mass is 10.6. The zero-order valence-corrected chi connectivity index (χ0v) is 7.47. The van der Waals surface area contributed by atoms with Gasteiger partial charge >= 0.3 is 0 Å². The molecule has 11 heavy (non-hydrogen) atoms. The highest BCUT2D eigenvalue weighted by molar-refractivity contribution is 7.89. The molecule has 2 N–H and O–H groups in total. The Morgan fingerprint density at radius 1 is 1.64 bits per heavy atom. The summed E-state index contributed by atoms with van der Waals surface area (Å²) in [6.07, 6.45) is 1.54. The number of sulfonamides is 1. The zero-order chi connectivity index (χ0) is 8.91. The second-order valence-electron chi connectivity index (χ2n) is 2.17. The van der Waals surface area contributed by atoms with E-state index < -0.39 is 10.0 Å². The zero-order valence-electron chi connectivity index (χ0n) is 6.66. The van der Waals surface area contributed by atoms with Crippen molar-refractivity contribution in [1.82, 2.24) is 4.31 Å². The summed E-state index contributed by atoms with van der Waals surface area (Å²) in [5, 5.41) is 0. The number of hydrogen-bond acceptors (Lipinski definition) is 3. The summed E-state index contributed by atoms with van der Waals surface area (Å²) in [4.78, 5) is 0. The van der Waals surface area contributed by atoms with E-state index in [0.29, 0.717) is 6.54 Å². The average molecular weight is 178 g/mol. The summed E-state index contributed by atoms with van der Waals surface area (Å²) in [7, 11) is -1.63. The number of likely N-dealkylation sites (N-methyl/N-ethyl adjacent to an activating group) is 1. The first-order chi connectivity index (χ1) is 5.04. The van der Waals surface area contributed by atoms with Crippen LogP contribution in [0, 0.1) is 0 Å². The molecule has 0 rings (SSSR count). The van der Waals surface area contributed by atoms with E-state index in [1.807, 2.05) is 0 Å². The third kappa shape index (κ3) is 3.50. The Bertz CT molecular complexity index is 211. The lowest BCUT2D eigenvalue weighted by molar-refractivity contribution is 0.499. The fourth-order valence-corrected chi connectivity index (χ4v) is 1.54. The molecule has 0 aromatic carbocycles. The van der Waals surface area contributed by atoms with Crippen LogP contribution in [0.1, 0.15) is 0 Å². The van der Waals surface area contributed by atoms with Gasteiger partial charge in [0.05, 0.1) is 5.75 Å². The molecule has 0 aromatic rings. The maximum atomic E-state index is 11.1. The number of nitrogens with zero attached hydrogens (tertiary/aromatic N) is 1. The van der Waals surface area contributed by atoms with Crippen molar-refractivity contribution in [3.8, 4) is 0 Å². The van der Waals surface area contributed by atoms with Crippen LogP contribution in [0.4, 0.5) is 0 Å². The van der Waals surface area contributed by atoms with Gasteiger partial charge in [-0.3, -0.25) is 0 Å². The third-order valence-corrected chi connectivity index (χ3v) is 3.09. The first-order valence-corrected chi connectivity index (χ1v) is 4.90. The van der Waals surface area contributed by atoms with Gasteiger partial charge < -0.3 is 5.73 Å². The van der Waals surface area contributed by atoms with Gasteiger partial charge in [-0.05, 0) is 0 Å². The SMILES string of the molecule is C=CCN(C)S(=O)(=O)CCN. The minimum atomic E-state index is -3.14. The van der Waals surface area contributed by atoms with E-state index in [4.69, 9.17) is 5.73 Å². The van der Waals surface area contributed by atoms with E-state index in [0.717, 1.165) is 0 Å². The second-order valence-corrected chi connectivity index (χ2v) is 4.37. The Hall–Kier alpha value is -0.390. The van der Waals surface area contributed by atoms with Gasteiger partial charge in [0.25, 0.3) is 0 Å². The first-order valence-electron chi connectivity index (χ1n) is 3.29. The van der Waals surface area contributed by atoms with Gasteiger partial charge in [0.15, 0.2) is 0 Å². The Kier molecular flexibility index (Phi) is 4.32. The molecule has 0 saturated carbocycles. The van der Waals surface area contributed by atoms with E-state index in [1.54, 1.807) is 0 Å². The van der Waals surface area contributed by atoms with Crippen LogP contribution in [0.25, 0.3) is 0 Å². The fraction of sp³-hybridized carbons (Fsp3) is 0.667. The quantitative estimate of drug-likeness (QED) is 0.571. The molecule has 4 nitrogen and oxygen atoms in total. The van der Waals surface area contributed by atoms with Crippen molar-refractivity contribution in [2.45, 2.75) is 0 Å². The predicted molar refractivity (Wildman–Crippen MR) is 45.7 cm³/mol. The van der Waals surface area contributed by atoms with Crippen LogP contribution in [0.3, 0.4) is 0 Å². The Labute approximate surface area is 67.7 Å².